The van der Waals surface area contributed by atoms with Gasteiger partial charge in [-0.05, 0) is 25.2 Å². The first kappa shape index (κ1) is 30.1. The Morgan fingerprint density at radius 3 is 1.67 bits per heavy atom. The molecule has 0 fully saturated rings. The Bertz CT molecular complexity index is 732. The van der Waals surface area contributed by atoms with Gasteiger partial charge in [-0.2, -0.15) is 12.6 Å². The molecule has 0 bridgehead atoms. The minimum Gasteiger partial charge on any atom is -0.481 e. The molecule has 0 spiro atoms. The van der Waals surface area contributed by atoms with Crippen molar-refractivity contribution < 1.29 is 44.1 Å². The summed E-state index contributed by atoms with van der Waals surface area (Å²) in [5, 5.41) is 33.7. The Morgan fingerprint density at radius 2 is 1.21 bits per heavy atom. The number of carbonyl (C=O) groups excluding carboxylic acids is 3. The van der Waals surface area contributed by atoms with E-state index in [0.717, 1.165) is 0 Å². The van der Waals surface area contributed by atoms with E-state index in [1.54, 1.807) is 13.8 Å². The molecule has 0 aliphatic rings. The van der Waals surface area contributed by atoms with E-state index in [1.807, 2.05) is 0 Å². The van der Waals surface area contributed by atoms with E-state index >= 15 is 0 Å². The molecule has 0 saturated carbocycles. The summed E-state index contributed by atoms with van der Waals surface area (Å²) in [5.41, 5.74) is 5.63. The number of carbonyl (C=O) groups is 6. The number of rotatable bonds is 16. The zero-order chi connectivity index (χ0) is 25.7. The summed E-state index contributed by atoms with van der Waals surface area (Å²) in [6.07, 6.45) is -1.25. The lowest BCUT2D eigenvalue weighted by molar-refractivity contribution is -0.142. The summed E-state index contributed by atoms with van der Waals surface area (Å²) in [6, 6.07) is -5.07. The van der Waals surface area contributed by atoms with Gasteiger partial charge in [0, 0.05) is 18.6 Å². The second-order valence-corrected chi connectivity index (χ2v) is 8.17. The van der Waals surface area contributed by atoms with Crippen molar-refractivity contribution in [1.29, 1.82) is 0 Å². The van der Waals surface area contributed by atoms with Gasteiger partial charge in [0.05, 0.1) is 6.04 Å². The highest BCUT2D eigenvalue weighted by Crippen LogP contribution is 2.08. The first-order chi connectivity index (χ1) is 15.3. The zero-order valence-electron chi connectivity index (χ0n) is 18.4. The molecule has 8 N–H and O–H groups in total. The van der Waals surface area contributed by atoms with Gasteiger partial charge >= 0.3 is 17.9 Å². The topological polar surface area (TPSA) is 225 Å². The molecule has 0 saturated heterocycles. The number of aliphatic carboxylic acids is 3. The van der Waals surface area contributed by atoms with Crippen molar-refractivity contribution >= 4 is 48.3 Å². The van der Waals surface area contributed by atoms with Crippen LogP contribution in [0.15, 0.2) is 0 Å². The third kappa shape index (κ3) is 12.7. The fraction of sp³-hybridized carbons (Fsp3) is 0.684. The molecular formula is C19H32N4O9S. The van der Waals surface area contributed by atoms with Crippen LogP contribution in [0.25, 0.3) is 0 Å². The Kier molecular flexibility index (Phi) is 13.7. The molecule has 0 heterocycles. The van der Waals surface area contributed by atoms with Crippen molar-refractivity contribution in [2.24, 2.45) is 11.7 Å². The largest absolute Gasteiger partial charge is 0.481 e. The van der Waals surface area contributed by atoms with Crippen molar-refractivity contribution in [1.82, 2.24) is 16.0 Å². The summed E-state index contributed by atoms with van der Waals surface area (Å²) < 4.78 is 0. The normalized spacial score (nSPS) is 14.5. The molecule has 0 aromatic carbocycles. The maximum Gasteiger partial charge on any atom is 0.327 e. The number of amides is 3. The smallest absolute Gasteiger partial charge is 0.327 e. The molecule has 0 aliphatic carbocycles. The Morgan fingerprint density at radius 1 is 0.758 bits per heavy atom. The summed E-state index contributed by atoms with van der Waals surface area (Å²) in [5.74, 6) is -6.48. The summed E-state index contributed by atoms with van der Waals surface area (Å²) >= 11 is 3.87. The lowest BCUT2D eigenvalue weighted by atomic mass is 10.0. The van der Waals surface area contributed by atoms with Crippen LogP contribution in [0.2, 0.25) is 0 Å². The van der Waals surface area contributed by atoms with Crippen molar-refractivity contribution in [3.63, 3.8) is 0 Å². The average Bonchev–Trinajstić information content (AvgIpc) is 2.71. The van der Waals surface area contributed by atoms with E-state index in [2.05, 4.69) is 28.6 Å². The van der Waals surface area contributed by atoms with Gasteiger partial charge in [0.15, 0.2) is 0 Å². The Hall–Kier alpha value is -2.87. The van der Waals surface area contributed by atoms with Crippen molar-refractivity contribution in [3.8, 4) is 0 Å². The number of nitrogens with one attached hydrogen (secondary N) is 3. The fourth-order valence-electron chi connectivity index (χ4n) is 2.66. The van der Waals surface area contributed by atoms with Crippen LogP contribution >= 0.6 is 12.6 Å². The molecule has 0 aliphatic heterocycles. The van der Waals surface area contributed by atoms with Crippen LogP contribution in [0.1, 0.15) is 46.0 Å². The number of hydrogen-bond acceptors (Lipinski definition) is 8. The minimum absolute atomic E-state index is 0.0863. The molecule has 188 valence electrons. The Labute approximate surface area is 196 Å². The van der Waals surface area contributed by atoms with Gasteiger partial charge < -0.3 is 37.0 Å². The van der Waals surface area contributed by atoms with Crippen molar-refractivity contribution in [2.75, 3.05) is 5.75 Å². The Balaban J connectivity index is 5.46. The van der Waals surface area contributed by atoms with Gasteiger partial charge in [0.1, 0.15) is 18.1 Å². The molecule has 0 aromatic heterocycles. The highest BCUT2D eigenvalue weighted by Gasteiger charge is 2.30. The third-order valence-corrected chi connectivity index (χ3v) is 4.79. The van der Waals surface area contributed by atoms with Crippen LogP contribution in [0.3, 0.4) is 0 Å². The van der Waals surface area contributed by atoms with Crippen LogP contribution < -0.4 is 21.7 Å². The van der Waals surface area contributed by atoms with E-state index < -0.39 is 66.2 Å². The average molecular weight is 493 g/mol. The molecular weight excluding hydrogens is 460 g/mol. The van der Waals surface area contributed by atoms with Gasteiger partial charge in [-0.25, -0.2) is 4.79 Å². The molecule has 3 amide bonds. The van der Waals surface area contributed by atoms with E-state index in [4.69, 9.17) is 21.1 Å². The van der Waals surface area contributed by atoms with Gasteiger partial charge in [-0.15, -0.1) is 0 Å². The first-order valence-electron chi connectivity index (χ1n) is 10.2. The summed E-state index contributed by atoms with van der Waals surface area (Å²) in [4.78, 5) is 70.4. The molecule has 4 atom stereocenters. The fourth-order valence-corrected chi connectivity index (χ4v) is 2.91. The van der Waals surface area contributed by atoms with E-state index in [1.165, 1.54) is 0 Å². The number of thiol groups is 1. The molecule has 0 radical (unpaired) electrons. The predicted octanol–water partition coefficient (Wildman–Crippen LogP) is -1.44. The van der Waals surface area contributed by atoms with E-state index in [9.17, 15) is 28.8 Å². The SMILES string of the molecule is CC(C)CC(NC(=O)C(CCC(=O)O)NC(=O)C(N)CCC(=O)O)C(=O)NC(CS)C(=O)O. The lowest BCUT2D eigenvalue weighted by Gasteiger charge is -2.25. The molecule has 33 heavy (non-hydrogen) atoms. The standard InChI is InChI=1S/C19H32N4O9S/c1-9(2)7-12(18(30)23-13(8-33)19(31)32)22-17(29)11(4-6-15(26)27)21-16(28)10(20)3-5-14(24)25/h9-13,33H,3-8,20H2,1-2H3,(H,21,28)(H,22,29)(H,23,30)(H,24,25)(H,26,27)(H,31,32). The minimum atomic E-state index is -1.37. The highest BCUT2D eigenvalue weighted by molar-refractivity contribution is 7.80. The van der Waals surface area contributed by atoms with E-state index in [-0.39, 0.29) is 37.4 Å². The quantitative estimate of drug-likeness (QED) is 0.117. The van der Waals surface area contributed by atoms with Crippen molar-refractivity contribution in [2.45, 2.75) is 70.1 Å². The number of hydrogen-bond donors (Lipinski definition) is 8. The zero-order valence-corrected chi connectivity index (χ0v) is 19.3. The maximum atomic E-state index is 12.8. The van der Waals surface area contributed by atoms with Gasteiger partial charge in [0.2, 0.25) is 17.7 Å². The third-order valence-electron chi connectivity index (χ3n) is 4.42. The summed E-state index contributed by atoms with van der Waals surface area (Å²) in [6.45, 7) is 3.54. The van der Waals surface area contributed by atoms with Gasteiger partial charge in [0.25, 0.3) is 0 Å². The number of carboxylic acid groups (broad SMARTS) is 3. The highest BCUT2D eigenvalue weighted by atomic mass is 32.1. The summed E-state index contributed by atoms with van der Waals surface area (Å²) in [7, 11) is 0. The molecule has 0 aromatic rings. The van der Waals surface area contributed by atoms with Crippen LogP contribution in [-0.4, -0.2) is 80.9 Å². The van der Waals surface area contributed by atoms with Crippen LogP contribution in [0, 0.1) is 5.92 Å². The van der Waals surface area contributed by atoms with Crippen molar-refractivity contribution in [3.05, 3.63) is 0 Å². The number of carboxylic acids is 3. The molecule has 0 rings (SSSR count). The van der Waals surface area contributed by atoms with Gasteiger partial charge in [-0.1, -0.05) is 13.8 Å². The van der Waals surface area contributed by atoms with Crippen LogP contribution in [0.4, 0.5) is 0 Å². The maximum absolute atomic E-state index is 12.8. The number of nitrogens with two attached hydrogens (primary N) is 1. The second kappa shape index (κ2) is 15.1. The molecule has 13 nitrogen and oxygen atoms in total. The van der Waals surface area contributed by atoms with Crippen LogP contribution in [0.5, 0.6) is 0 Å². The lowest BCUT2D eigenvalue weighted by Crippen LogP contribution is -2.57. The molecule has 14 heteroatoms. The second-order valence-electron chi connectivity index (χ2n) is 7.81. The van der Waals surface area contributed by atoms with Crippen LogP contribution in [-0.2, 0) is 28.8 Å². The van der Waals surface area contributed by atoms with Gasteiger partial charge in [-0.3, -0.25) is 24.0 Å². The predicted molar refractivity (Wildman–Crippen MR) is 118 cm³/mol. The molecule has 4 unspecified atom stereocenters. The monoisotopic (exact) mass is 492 g/mol. The van der Waals surface area contributed by atoms with E-state index in [0.29, 0.717) is 0 Å². The first-order valence-corrected chi connectivity index (χ1v) is 10.9.